The number of alkyl halides is 2. The number of carbonyl (C=O) groups is 1. The number of fused-ring (bicyclic) bond motifs is 2. The van der Waals surface area contributed by atoms with Crippen LogP contribution in [-0.4, -0.2) is 28.8 Å². The lowest BCUT2D eigenvalue weighted by Gasteiger charge is -2.09. The zero-order valence-electron chi connectivity index (χ0n) is 13.1. The quantitative estimate of drug-likeness (QED) is 0.771. The Balaban J connectivity index is 1.42. The van der Waals surface area contributed by atoms with E-state index in [9.17, 15) is 13.6 Å². The highest BCUT2D eigenvalue weighted by Gasteiger charge is 2.43. The van der Waals surface area contributed by atoms with Crippen molar-refractivity contribution in [2.45, 2.75) is 6.29 Å². The highest BCUT2D eigenvalue weighted by molar-refractivity contribution is 5.92. The van der Waals surface area contributed by atoms with Crippen LogP contribution in [0.5, 0.6) is 17.4 Å². The van der Waals surface area contributed by atoms with Crippen LogP contribution in [0.2, 0.25) is 0 Å². The van der Waals surface area contributed by atoms with Crippen LogP contribution in [0.15, 0.2) is 48.8 Å². The van der Waals surface area contributed by atoms with Crippen LogP contribution in [0.3, 0.4) is 0 Å². The third kappa shape index (κ3) is 3.18. The van der Waals surface area contributed by atoms with E-state index in [4.69, 9.17) is 4.74 Å². The van der Waals surface area contributed by atoms with Crippen molar-refractivity contribution in [3.8, 4) is 17.4 Å². The van der Waals surface area contributed by atoms with Gasteiger partial charge in [0.2, 0.25) is 5.88 Å². The van der Waals surface area contributed by atoms with Crippen LogP contribution in [0.4, 0.5) is 14.5 Å². The van der Waals surface area contributed by atoms with Crippen LogP contribution >= 0.6 is 0 Å². The number of ether oxygens (including phenoxy) is 3. The molecule has 9 heteroatoms. The summed E-state index contributed by atoms with van der Waals surface area (Å²) in [6.07, 6.45) is -2.37. The summed E-state index contributed by atoms with van der Waals surface area (Å²) < 4.78 is 40.1. The normalized spacial score (nSPS) is 14.2. The standard InChI is InChI=1S/C17H11F2N3O4/c18-17(19)25-13-6-5-10(7-14(13)26-17)22-15(23)8-24-16-11-3-1-2-4-12(11)20-9-21-16/h1-7,9H,8H2,(H,22,23). The molecule has 0 bridgehead atoms. The van der Waals surface area contributed by atoms with E-state index in [2.05, 4.69) is 24.8 Å². The molecule has 1 aromatic heterocycles. The number of amides is 1. The summed E-state index contributed by atoms with van der Waals surface area (Å²) in [7, 11) is 0. The van der Waals surface area contributed by atoms with Gasteiger partial charge in [-0.3, -0.25) is 4.79 Å². The second kappa shape index (κ2) is 6.10. The molecule has 26 heavy (non-hydrogen) atoms. The zero-order chi connectivity index (χ0) is 18.1. The molecule has 0 saturated heterocycles. The maximum Gasteiger partial charge on any atom is 0.586 e. The van der Waals surface area contributed by atoms with Gasteiger partial charge in [-0.15, -0.1) is 8.78 Å². The van der Waals surface area contributed by atoms with Crippen molar-refractivity contribution in [3.63, 3.8) is 0 Å². The lowest BCUT2D eigenvalue weighted by atomic mass is 10.2. The van der Waals surface area contributed by atoms with Crippen molar-refractivity contribution < 1.29 is 27.8 Å². The second-order valence-corrected chi connectivity index (χ2v) is 5.36. The Bertz CT molecular complexity index is 991. The number of halogens is 2. The maximum absolute atomic E-state index is 13.0. The molecular formula is C17H11F2N3O4. The number of hydrogen-bond donors (Lipinski definition) is 1. The number of nitrogens with zero attached hydrogens (tertiary/aromatic N) is 2. The fourth-order valence-corrected chi connectivity index (χ4v) is 2.45. The first-order valence-corrected chi connectivity index (χ1v) is 7.52. The summed E-state index contributed by atoms with van der Waals surface area (Å²) in [6.45, 7) is -0.314. The van der Waals surface area contributed by atoms with Gasteiger partial charge in [-0.25, -0.2) is 9.97 Å². The minimum absolute atomic E-state index is 0.100. The monoisotopic (exact) mass is 359 g/mol. The number of hydrogen-bond acceptors (Lipinski definition) is 6. The predicted molar refractivity (Wildman–Crippen MR) is 86.3 cm³/mol. The first-order valence-electron chi connectivity index (χ1n) is 7.52. The van der Waals surface area contributed by atoms with Gasteiger partial charge in [-0.1, -0.05) is 12.1 Å². The SMILES string of the molecule is O=C(COc1ncnc2ccccc12)Nc1ccc2c(c1)OC(F)(F)O2. The van der Waals surface area contributed by atoms with Crippen molar-refractivity contribution in [1.82, 2.24) is 9.97 Å². The predicted octanol–water partition coefficient (Wildman–Crippen LogP) is 2.97. The summed E-state index contributed by atoms with van der Waals surface area (Å²) in [4.78, 5) is 20.2. The third-order valence-corrected chi connectivity index (χ3v) is 3.53. The van der Waals surface area contributed by atoms with Crippen LogP contribution < -0.4 is 19.5 Å². The van der Waals surface area contributed by atoms with Crippen LogP contribution in [0.1, 0.15) is 0 Å². The Morgan fingerprint density at radius 1 is 1.12 bits per heavy atom. The maximum atomic E-state index is 13.0. The van der Waals surface area contributed by atoms with E-state index < -0.39 is 12.2 Å². The first-order chi connectivity index (χ1) is 12.5. The fourth-order valence-electron chi connectivity index (χ4n) is 2.45. The van der Waals surface area contributed by atoms with E-state index in [-0.39, 0.29) is 29.7 Å². The third-order valence-electron chi connectivity index (χ3n) is 3.53. The molecule has 2 heterocycles. The lowest BCUT2D eigenvalue weighted by molar-refractivity contribution is -0.286. The number of benzene rings is 2. The molecule has 1 N–H and O–H groups in total. The van der Waals surface area contributed by atoms with Crippen LogP contribution in [-0.2, 0) is 4.79 Å². The number of carbonyl (C=O) groups excluding carboxylic acids is 1. The second-order valence-electron chi connectivity index (χ2n) is 5.36. The van der Waals surface area contributed by atoms with Gasteiger partial charge < -0.3 is 19.5 Å². The number of para-hydroxylation sites is 1. The Morgan fingerprint density at radius 3 is 2.81 bits per heavy atom. The number of nitrogens with one attached hydrogen (secondary N) is 1. The van der Waals surface area contributed by atoms with E-state index >= 15 is 0 Å². The number of aromatic nitrogens is 2. The fraction of sp³-hybridized carbons (Fsp3) is 0.118. The lowest BCUT2D eigenvalue weighted by Crippen LogP contribution is -2.25. The molecule has 1 amide bonds. The van der Waals surface area contributed by atoms with Gasteiger partial charge in [0.1, 0.15) is 6.33 Å². The van der Waals surface area contributed by atoms with Gasteiger partial charge in [0.05, 0.1) is 10.9 Å². The van der Waals surface area contributed by atoms with E-state index in [0.717, 1.165) is 0 Å². The van der Waals surface area contributed by atoms with Gasteiger partial charge in [0.25, 0.3) is 5.91 Å². The molecule has 0 atom stereocenters. The first kappa shape index (κ1) is 16.0. The van der Waals surface area contributed by atoms with Gasteiger partial charge in [-0.2, -0.15) is 0 Å². The van der Waals surface area contributed by atoms with E-state index in [1.54, 1.807) is 18.2 Å². The molecule has 4 rings (SSSR count). The van der Waals surface area contributed by atoms with Crippen molar-refractivity contribution >= 4 is 22.5 Å². The molecule has 7 nitrogen and oxygen atoms in total. The van der Waals surface area contributed by atoms with E-state index in [1.807, 2.05) is 6.07 Å². The molecule has 0 radical (unpaired) electrons. The molecule has 132 valence electrons. The van der Waals surface area contributed by atoms with Gasteiger partial charge in [0.15, 0.2) is 18.1 Å². The van der Waals surface area contributed by atoms with Crippen molar-refractivity contribution in [1.29, 1.82) is 0 Å². The molecule has 0 fully saturated rings. The zero-order valence-corrected chi connectivity index (χ0v) is 13.1. The average molecular weight is 359 g/mol. The largest absolute Gasteiger partial charge is 0.586 e. The molecule has 1 aliphatic heterocycles. The summed E-state index contributed by atoms with van der Waals surface area (Å²) in [6, 6.07) is 11.2. The molecule has 3 aromatic rings. The Labute approximate surface area is 145 Å². The molecule has 2 aromatic carbocycles. The molecule has 0 spiro atoms. The van der Waals surface area contributed by atoms with Gasteiger partial charge in [0, 0.05) is 11.8 Å². The van der Waals surface area contributed by atoms with E-state index in [1.165, 1.54) is 24.5 Å². The topological polar surface area (TPSA) is 82.6 Å². The molecule has 0 aliphatic carbocycles. The Hall–Kier alpha value is -3.49. The summed E-state index contributed by atoms with van der Waals surface area (Å²) in [5.74, 6) is -0.471. The summed E-state index contributed by atoms with van der Waals surface area (Å²) >= 11 is 0. The highest BCUT2D eigenvalue weighted by atomic mass is 19.3. The Morgan fingerprint density at radius 2 is 1.92 bits per heavy atom. The van der Waals surface area contributed by atoms with Gasteiger partial charge in [-0.05, 0) is 24.3 Å². The van der Waals surface area contributed by atoms with Crippen molar-refractivity contribution in [2.24, 2.45) is 0 Å². The minimum Gasteiger partial charge on any atom is -0.467 e. The molecule has 0 saturated carbocycles. The summed E-state index contributed by atoms with van der Waals surface area (Å²) in [5, 5.41) is 3.20. The number of rotatable bonds is 4. The molecule has 0 unspecified atom stereocenters. The molecular weight excluding hydrogens is 348 g/mol. The van der Waals surface area contributed by atoms with Crippen molar-refractivity contribution in [2.75, 3.05) is 11.9 Å². The minimum atomic E-state index is -3.71. The van der Waals surface area contributed by atoms with E-state index in [0.29, 0.717) is 10.9 Å². The van der Waals surface area contributed by atoms with Crippen LogP contribution in [0.25, 0.3) is 10.9 Å². The smallest absolute Gasteiger partial charge is 0.467 e. The van der Waals surface area contributed by atoms with Crippen LogP contribution in [0, 0.1) is 0 Å². The van der Waals surface area contributed by atoms with Crippen molar-refractivity contribution in [3.05, 3.63) is 48.8 Å². The average Bonchev–Trinajstić information content (AvgIpc) is 2.93. The summed E-state index contributed by atoms with van der Waals surface area (Å²) in [5.41, 5.74) is 0.959. The molecule has 1 aliphatic rings. The van der Waals surface area contributed by atoms with Gasteiger partial charge >= 0.3 is 6.29 Å². The Kier molecular flexibility index (Phi) is 3.76. The highest BCUT2D eigenvalue weighted by Crippen LogP contribution is 2.42. The number of anilines is 1.